The number of nitrogens with zero attached hydrogens (tertiary/aromatic N) is 1. The molecule has 0 unspecified atom stereocenters. The van der Waals surface area contributed by atoms with E-state index in [9.17, 15) is 0 Å². The summed E-state index contributed by atoms with van der Waals surface area (Å²) in [6.45, 7) is 1.86. The fraction of sp³-hybridized carbons (Fsp3) is 1.00. The molecule has 1 aliphatic rings. The molecule has 1 aliphatic heterocycles. The fourth-order valence-electron chi connectivity index (χ4n) is 0.944. The molecule has 1 fully saturated rings. The van der Waals surface area contributed by atoms with Crippen molar-refractivity contribution in [2.75, 3.05) is 13.1 Å². The lowest BCUT2D eigenvalue weighted by atomic mass is 10.4. The molecule has 1 rings (SSSR count). The molecule has 1 saturated heterocycles. The van der Waals surface area contributed by atoms with Crippen LogP contribution in [0.2, 0.25) is 0 Å². The van der Waals surface area contributed by atoms with Gasteiger partial charge >= 0.3 is 0 Å². The number of hydrazine groups is 1. The molecule has 5 heteroatoms. The van der Waals surface area contributed by atoms with Crippen LogP contribution in [0.15, 0.2) is 0 Å². The maximum Gasteiger partial charge on any atom is 0.265 e. The van der Waals surface area contributed by atoms with Gasteiger partial charge in [0.2, 0.25) is 0 Å². The van der Waals surface area contributed by atoms with Gasteiger partial charge in [-0.25, -0.2) is 5.01 Å². The molecule has 0 spiro atoms. The zero-order valence-corrected chi connectivity index (χ0v) is 6.01. The van der Waals surface area contributed by atoms with Crippen LogP contribution in [0, 0.1) is 0 Å². The lowest BCUT2D eigenvalue weighted by molar-refractivity contribution is 0.277. The third-order valence-corrected chi connectivity index (χ3v) is 1.80. The molecular formula is C4H11N2O2P. The monoisotopic (exact) mass is 150 g/mol. The van der Waals surface area contributed by atoms with Gasteiger partial charge in [-0.1, -0.05) is 0 Å². The molecule has 0 radical (unpaired) electrons. The molecule has 0 saturated carbocycles. The van der Waals surface area contributed by atoms with Crippen molar-refractivity contribution in [1.29, 1.82) is 0 Å². The summed E-state index contributed by atoms with van der Waals surface area (Å²) in [4.78, 5) is 17.0. The van der Waals surface area contributed by atoms with Crippen molar-refractivity contribution in [1.82, 2.24) is 10.2 Å². The Morgan fingerprint density at radius 2 is 1.78 bits per heavy atom. The summed E-state index contributed by atoms with van der Waals surface area (Å²) in [5.41, 5.74) is 0. The van der Waals surface area contributed by atoms with Gasteiger partial charge in [0, 0.05) is 13.1 Å². The maximum absolute atomic E-state index is 8.48. The summed E-state index contributed by atoms with van der Waals surface area (Å²) in [5.74, 6) is 0. The van der Waals surface area contributed by atoms with Crippen LogP contribution in [0.4, 0.5) is 0 Å². The van der Waals surface area contributed by atoms with Crippen LogP contribution in [0.1, 0.15) is 12.8 Å². The van der Waals surface area contributed by atoms with Gasteiger partial charge in [0.05, 0.1) is 0 Å². The van der Waals surface area contributed by atoms with Crippen molar-refractivity contribution >= 4 is 8.53 Å². The minimum atomic E-state index is -1.94. The summed E-state index contributed by atoms with van der Waals surface area (Å²) < 4.78 is 0. The highest BCUT2D eigenvalue weighted by Gasteiger charge is 2.12. The Hall–Kier alpha value is 0.270. The highest BCUT2D eigenvalue weighted by atomic mass is 31.2. The molecule has 0 amide bonds. The van der Waals surface area contributed by atoms with E-state index < -0.39 is 8.53 Å². The fourth-order valence-corrected chi connectivity index (χ4v) is 1.40. The van der Waals surface area contributed by atoms with Crippen molar-refractivity contribution in [3.05, 3.63) is 0 Å². The average molecular weight is 150 g/mol. The van der Waals surface area contributed by atoms with E-state index in [0.29, 0.717) is 0 Å². The third kappa shape index (κ3) is 2.56. The van der Waals surface area contributed by atoms with E-state index in [2.05, 4.69) is 5.20 Å². The molecule has 4 nitrogen and oxygen atoms in total. The molecule has 0 bridgehead atoms. The molecule has 0 aliphatic carbocycles. The summed E-state index contributed by atoms with van der Waals surface area (Å²) in [7, 11) is -1.94. The Morgan fingerprint density at radius 3 is 2.22 bits per heavy atom. The first-order valence-electron chi connectivity index (χ1n) is 2.98. The second-order valence-electron chi connectivity index (χ2n) is 2.08. The number of rotatable bonds is 2. The van der Waals surface area contributed by atoms with Gasteiger partial charge in [-0.2, -0.15) is 5.20 Å². The van der Waals surface area contributed by atoms with E-state index in [1.54, 1.807) is 0 Å². The predicted octanol–water partition coefficient (Wildman–Crippen LogP) is -0.202. The van der Waals surface area contributed by atoms with Crippen molar-refractivity contribution in [2.45, 2.75) is 12.8 Å². The molecule has 54 valence electrons. The topological polar surface area (TPSA) is 55.7 Å². The summed E-state index contributed by atoms with van der Waals surface area (Å²) in [5, 5.41) is 4.39. The van der Waals surface area contributed by atoms with Crippen LogP contribution in [0.5, 0.6) is 0 Å². The van der Waals surface area contributed by atoms with Crippen LogP contribution in [0.25, 0.3) is 0 Å². The number of nitrogens with one attached hydrogen (secondary N) is 1. The molecule has 0 aromatic carbocycles. The highest BCUT2D eigenvalue weighted by molar-refractivity contribution is 7.42. The first-order valence-corrected chi connectivity index (χ1v) is 4.23. The molecule has 3 N–H and O–H groups in total. The normalized spacial score (nSPS) is 21.7. The smallest absolute Gasteiger partial charge is 0.265 e. The second-order valence-corrected chi connectivity index (χ2v) is 2.86. The van der Waals surface area contributed by atoms with E-state index in [1.807, 2.05) is 5.01 Å². The van der Waals surface area contributed by atoms with Crippen molar-refractivity contribution in [2.24, 2.45) is 0 Å². The molecular weight excluding hydrogens is 139 g/mol. The molecule has 9 heavy (non-hydrogen) atoms. The maximum atomic E-state index is 8.48. The molecule has 0 aromatic heterocycles. The van der Waals surface area contributed by atoms with Gasteiger partial charge in [0.1, 0.15) is 0 Å². The third-order valence-electron chi connectivity index (χ3n) is 1.34. The quantitative estimate of drug-likeness (QED) is 0.477. The standard InChI is InChI=1S/C4H11N2O2P/c7-9(8)5-6-3-1-2-4-6/h5,7-8H,1-4H2. The number of hydrogen-bond acceptors (Lipinski definition) is 4. The van der Waals surface area contributed by atoms with Gasteiger partial charge < -0.3 is 9.79 Å². The Labute approximate surface area is 55.4 Å². The SMILES string of the molecule is OP(O)NN1CCCC1. The van der Waals surface area contributed by atoms with Gasteiger partial charge in [-0.05, 0) is 12.8 Å². The van der Waals surface area contributed by atoms with Crippen molar-refractivity contribution in [3.8, 4) is 0 Å². The van der Waals surface area contributed by atoms with Crippen LogP contribution < -0.4 is 5.20 Å². The Bertz CT molecular complexity index is 84.6. The van der Waals surface area contributed by atoms with Crippen LogP contribution in [0.3, 0.4) is 0 Å². The molecule has 1 heterocycles. The largest absolute Gasteiger partial charge is 0.337 e. The Balaban J connectivity index is 2.11. The van der Waals surface area contributed by atoms with E-state index >= 15 is 0 Å². The van der Waals surface area contributed by atoms with Crippen molar-refractivity contribution < 1.29 is 9.79 Å². The molecule has 0 atom stereocenters. The summed E-state index contributed by atoms with van der Waals surface area (Å²) >= 11 is 0. The van der Waals surface area contributed by atoms with E-state index in [-0.39, 0.29) is 0 Å². The van der Waals surface area contributed by atoms with Crippen LogP contribution in [-0.4, -0.2) is 27.9 Å². The first kappa shape index (κ1) is 7.38. The minimum Gasteiger partial charge on any atom is -0.337 e. The lowest BCUT2D eigenvalue weighted by Crippen LogP contribution is -2.30. The lowest BCUT2D eigenvalue weighted by Gasteiger charge is -2.15. The second kappa shape index (κ2) is 3.44. The minimum absolute atomic E-state index is 0.931. The van der Waals surface area contributed by atoms with Gasteiger partial charge in [-0.15, -0.1) is 0 Å². The molecule has 0 aromatic rings. The zero-order valence-electron chi connectivity index (χ0n) is 5.12. The van der Waals surface area contributed by atoms with E-state index in [4.69, 9.17) is 9.79 Å². The van der Waals surface area contributed by atoms with E-state index in [0.717, 1.165) is 25.9 Å². The van der Waals surface area contributed by atoms with Crippen molar-refractivity contribution in [3.63, 3.8) is 0 Å². The highest BCUT2D eigenvalue weighted by Crippen LogP contribution is 2.18. The van der Waals surface area contributed by atoms with Gasteiger partial charge in [0.25, 0.3) is 8.53 Å². The summed E-state index contributed by atoms with van der Waals surface area (Å²) in [6.07, 6.45) is 2.30. The number of hydrogen-bond donors (Lipinski definition) is 3. The van der Waals surface area contributed by atoms with Crippen LogP contribution in [-0.2, 0) is 0 Å². The first-order chi connectivity index (χ1) is 4.29. The summed E-state index contributed by atoms with van der Waals surface area (Å²) in [6, 6.07) is 0. The Kier molecular flexibility index (Phi) is 2.82. The Morgan fingerprint density at radius 1 is 1.22 bits per heavy atom. The van der Waals surface area contributed by atoms with Gasteiger partial charge in [-0.3, -0.25) is 0 Å². The zero-order chi connectivity index (χ0) is 6.69. The average Bonchev–Trinajstić information content (AvgIpc) is 2.15. The predicted molar refractivity (Wildman–Crippen MR) is 35.3 cm³/mol. The van der Waals surface area contributed by atoms with E-state index in [1.165, 1.54) is 0 Å². The van der Waals surface area contributed by atoms with Crippen LogP contribution >= 0.6 is 8.53 Å². The van der Waals surface area contributed by atoms with Gasteiger partial charge in [0.15, 0.2) is 0 Å².